The summed E-state index contributed by atoms with van der Waals surface area (Å²) in [7, 11) is 0. The van der Waals surface area contributed by atoms with Crippen molar-refractivity contribution in [3.8, 4) is 6.07 Å². The van der Waals surface area contributed by atoms with Crippen LogP contribution in [0.25, 0.3) is 0 Å². The van der Waals surface area contributed by atoms with E-state index in [0.29, 0.717) is 17.3 Å². The summed E-state index contributed by atoms with van der Waals surface area (Å²) in [4.78, 5) is 0. The van der Waals surface area contributed by atoms with Crippen LogP contribution in [-0.2, 0) is 0 Å². The highest BCUT2D eigenvalue weighted by Gasteiger charge is 2.26. The summed E-state index contributed by atoms with van der Waals surface area (Å²) in [5.74, 6) is 0.987. The highest BCUT2D eigenvalue weighted by Crippen LogP contribution is 2.37. The summed E-state index contributed by atoms with van der Waals surface area (Å²) in [5.41, 5.74) is 7.58. The molecule has 1 aliphatic rings. The van der Waals surface area contributed by atoms with Gasteiger partial charge in [-0.1, -0.05) is 19.8 Å². The van der Waals surface area contributed by atoms with Gasteiger partial charge in [0.15, 0.2) is 0 Å². The fourth-order valence-electron chi connectivity index (χ4n) is 2.57. The molecule has 0 bridgehead atoms. The summed E-state index contributed by atoms with van der Waals surface area (Å²) in [6.45, 7) is 4.19. The highest BCUT2D eigenvalue weighted by atomic mass is 15.3. The molecule has 4 heteroatoms. The molecule has 17 heavy (non-hydrogen) atoms. The number of hydrogen-bond donors (Lipinski definition) is 1. The minimum absolute atomic E-state index is 0.261. The summed E-state index contributed by atoms with van der Waals surface area (Å²) in [5, 5.41) is 13.8. The van der Waals surface area contributed by atoms with Crippen LogP contribution in [0.15, 0.2) is 0 Å². The molecule has 1 aliphatic carbocycles. The molecule has 2 rings (SSSR count). The lowest BCUT2D eigenvalue weighted by Crippen LogP contribution is -2.09. The maximum Gasteiger partial charge on any atom is 0.140 e. The van der Waals surface area contributed by atoms with Crippen molar-refractivity contribution in [2.45, 2.75) is 57.9 Å². The molecule has 0 saturated heterocycles. The zero-order valence-electron chi connectivity index (χ0n) is 10.6. The molecule has 1 saturated carbocycles. The van der Waals surface area contributed by atoms with Crippen LogP contribution < -0.4 is 5.73 Å². The van der Waals surface area contributed by atoms with Crippen LogP contribution in [0.2, 0.25) is 0 Å². The van der Waals surface area contributed by atoms with Crippen LogP contribution in [0.5, 0.6) is 0 Å². The van der Waals surface area contributed by atoms with Crippen molar-refractivity contribution in [3.05, 3.63) is 11.3 Å². The minimum atomic E-state index is 0.261. The Balaban J connectivity index is 2.41. The van der Waals surface area contributed by atoms with Crippen LogP contribution >= 0.6 is 0 Å². The quantitative estimate of drug-likeness (QED) is 0.871. The number of anilines is 1. The van der Waals surface area contributed by atoms with Crippen molar-refractivity contribution in [3.63, 3.8) is 0 Å². The number of nitrogen functional groups attached to an aromatic ring is 1. The van der Waals surface area contributed by atoms with Gasteiger partial charge in [0, 0.05) is 5.92 Å². The molecular formula is C13H20N4. The van der Waals surface area contributed by atoms with E-state index in [0.717, 1.165) is 25.0 Å². The lowest BCUT2D eigenvalue weighted by Gasteiger charge is -2.10. The van der Waals surface area contributed by atoms with Crippen LogP contribution in [0.3, 0.4) is 0 Å². The van der Waals surface area contributed by atoms with Gasteiger partial charge in [-0.2, -0.15) is 10.4 Å². The first-order valence-electron chi connectivity index (χ1n) is 6.47. The number of nitrogens with zero attached hydrogens (tertiary/aromatic N) is 3. The maximum atomic E-state index is 9.24. The Morgan fingerprint density at radius 3 is 2.71 bits per heavy atom. The third-order valence-electron chi connectivity index (χ3n) is 3.84. The molecule has 0 aromatic carbocycles. The summed E-state index contributed by atoms with van der Waals surface area (Å²) in [6.07, 6.45) is 5.75. The van der Waals surface area contributed by atoms with Crippen molar-refractivity contribution < 1.29 is 0 Å². The Bertz CT molecular complexity index is 435. The van der Waals surface area contributed by atoms with E-state index in [-0.39, 0.29) is 6.04 Å². The van der Waals surface area contributed by atoms with Crippen molar-refractivity contribution in [1.82, 2.24) is 9.78 Å². The Labute approximate surface area is 102 Å². The summed E-state index contributed by atoms with van der Waals surface area (Å²) < 4.78 is 1.83. The Kier molecular flexibility index (Phi) is 3.37. The normalized spacial score (nSPS) is 18.2. The van der Waals surface area contributed by atoms with E-state index in [4.69, 9.17) is 5.73 Å². The molecule has 2 N–H and O–H groups in total. The predicted octanol–water partition coefficient (Wildman–Crippen LogP) is 2.97. The van der Waals surface area contributed by atoms with Crippen molar-refractivity contribution in [1.29, 1.82) is 5.26 Å². The van der Waals surface area contributed by atoms with E-state index in [2.05, 4.69) is 25.0 Å². The van der Waals surface area contributed by atoms with Crippen molar-refractivity contribution in [2.24, 2.45) is 0 Å². The molecule has 0 radical (unpaired) electrons. The van der Waals surface area contributed by atoms with Crippen LogP contribution in [0.4, 0.5) is 5.82 Å². The lowest BCUT2D eigenvalue weighted by atomic mass is 10.0. The van der Waals surface area contributed by atoms with E-state index in [1.54, 1.807) is 0 Å². The van der Waals surface area contributed by atoms with Crippen LogP contribution in [-0.4, -0.2) is 9.78 Å². The Hall–Kier alpha value is -1.50. The van der Waals surface area contributed by atoms with Gasteiger partial charge in [-0.25, -0.2) is 4.68 Å². The van der Waals surface area contributed by atoms with Gasteiger partial charge in [-0.05, 0) is 26.2 Å². The monoisotopic (exact) mass is 232 g/mol. The molecule has 1 fully saturated rings. The molecule has 0 aliphatic heterocycles. The lowest BCUT2D eigenvalue weighted by molar-refractivity contribution is 0.475. The van der Waals surface area contributed by atoms with Crippen LogP contribution in [0.1, 0.15) is 69.2 Å². The number of nitrogens with two attached hydrogens (primary N) is 1. The van der Waals surface area contributed by atoms with E-state index >= 15 is 0 Å². The molecule has 0 amide bonds. The number of nitriles is 1. The standard InChI is InChI=1S/C13H20N4/c1-3-9(2)17-13(15)11(8-14)12(16-17)10-6-4-5-7-10/h9-10H,3-7,15H2,1-2H3. The average molecular weight is 232 g/mol. The van der Waals surface area contributed by atoms with Crippen molar-refractivity contribution >= 4 is 5.82 Å². The molecular weight excluding hydrogens is 212 g/mol. The largest absolute Gasteiger partial charge is 0.383 e. The first kappa shape index (κ1) is 12.0. The van der Waals surface area contributed by atoms with Gasteiger partial charge in [0.05, 0.1) is 11.7 Å². The molecule has 4 nitrogen and oxygen atoms in total. The average Bonchev–Trinajstić information content (AvgIpc) is 2.95. The highest BCUT2D eigenvalue weighted by molar-refractivity contribution is 5.53. The minimum Gasteiger partial charge on any atom is -0.383 e. The third-order valence-corrected chi connectivity index (χ3v) is 3.84. The van der Waals surface area contributed by atoms with Gasteiger partial charge >= 0.3 is 0 Å². The van der Waals surface area contributed by atoms with Gasteiger partial charge in [-0.15, -0.1) is 0 Å². The number of rotatable bonds is 3. The fraction of sp³-hybridized carbons (Fsp3) is 0.692. The first-order valence-corrected chi connectivity index (χ1v) is 6.47. The maximum absolute atomic E-state index is 9.24. The third kappa shape index (κ3) is 2.02. The smallest absolute Gasteiger partial charge is 0.140 e. The van der Waals surface area contributed by atoms with Crippen LogP contribution in [0, 0.1) is 11.3 Å². The fourth-order valence-corrected chi connectivity index (χ4v) is 2.57. The zero-order chi connectivity index (χ0) is 12.4. The molecule has 0 spiro atoms. The second-order valence-corrected chi connectivity index (χ2v) is 4.94. The van der Waals surface area contributed by atoms with Gasteiger partial charge in [0.1, 0.15) is 17.5 Å². The Morgan fingerprint density at radius 2 is 2.18 bits per heavy atom. The topological polar surface area (TPSA) is 67.6 Å². The predicted molar refractivity (Wildman–Crippen MR) is 67.6 cm³/mol. The first-order chi connectivity index (χ1) is 8.19. The van der Waals surface area contributed by atoms with E-state index in [1.807, 2.05) is 4.68 Å². The second-order valence-electron chi connectivity index (χ2n) is 4.94. The molecule has 1 atom stereocenters. The van der Waals surface area contributed by atoms with E-state index in [9.17, 15) is 5.26 Å². The Morgan fingerprint density at radius 1 is 1.53 bits per heavy atom. The van der Waals surface area contributed by atoms with Crippen molar-refractivity contribution in [2.75, 3.05) is 5.73 Å². The van der Waals surface area contributed by atoms with Gasteiger partial charge < -0.3 is 5.73 Å². The molecule has 92 valence electrons. The second kappa shape index (κ2) is 4.79. The van der Waals surface area contributed by atoms with Gasteiger partial charge in [0.2, 0.25) is 0 Å². The number of aromatic nitrogens is 2. The zero-order valence-corrected chi connectivity index (χ0v) is 10.6. The summed E-state index contributed by atoms with van der Waals surface area (Å²) in [6, 6.07) is 2.49. The van der Waals surface area contributed by atoms with Gasteiger partial charge in [-0.3, -0.25) is 0 Å². The van der Waals surface area contributed by atoms with E-state index in [1.165, 1.54) is 12.8 Å². The van der Waals surface area contributed by atoms with Gasteiger partial charge in [0.25, 0.3) is 0 Å². The molecule has 1 aromatic heterocycles. The molecule has 1 unspecified atom stereocenters. The summed E-state index contributed by atoms with van der Waals surface area (Å²) >= 11 is 0. The van der Waals surface area contributed by atoms with E-state index < -0.39 is 0 Å². The number of hydrogen-bond acceptors (Lipinski definition) is 3. The molecule has 1 aromatic rings. The SMILES string of the molecule is CCC(C)n1nc(C2CCCC2)c(C#N)c1N. The molecule has 1 heterocycles.